The molecule has 0 heterocycles. The molecule has 2 nitrogen and oxygen atoms in total. The third-order valence-electron chi connectivity index (χ3n) is 2.24. The van der Waals surface area contributed by atoms with Gasteiger partial charge >= 0.3 is 0 Å². The van der Waals surface area contributed by atoms with E-state index in [0.29, 0.717) is 12.5 Å². The van der Waals surface area contributed by atoms with Crippen LogP contribution in [-0.4, -0.2) is 19.1 Å². The molecule has 3 heteroatoms. The van der Waals surface area contributed by atoms with Crippen LogP contribution in [0.3, 0.4) is 0 Å². The first kappa shape index (κ1) is 12.6. The van der Waals surface area contributed by atoms with Gasteiger partial charge < -0.3 is 10.3 Å². The first-order chi connectivity index (χ1) is 6.22. The van der Waals surface area contributed by atoms with E-state index in [4.69, 9.17) is 5.11 Å². The molecule has 0 aliphatic carbocycles. The molecule has 0 fully saturated rings. The molecule has 0 aliphatic rings. The minimum Gasteiger partial charge on any atom is -0.434 e. The molecular weight excluding hydrogens is 161 g/mol. The number of aliphatic hydroxyl groups is 1. The molecule has 0 bridgehead atoms. The van der Waals surface area contributed by atoms with Crippen molar-refractivity contribution >= 4 is 7.41 Å². The number of allylic oxidation sites excluding steroid dienone is 1. The predicted octanol–water partition coefficient (Wildman–Crippen LogP) is 1.68. The normalized spacial score (nSPS) is 12.2. The van der Waals surface area contributed by atoms with Crippen molar-refractivity contribution in [2.75, 3.05) is 6.61 Å². The van der Waals surface area contributed by atoms with Crippen molar-refractivity contribution in [2.24, 2.45) is 5.92 Å². The van der Waals surface area contributed by atoms with Gasteiger partial charge in [-0.25, -0.2) is 0 Å². The molecule has 2 N–H and O–H groups in total. The zero-order chi connectivity index (χ0) is 10.1. The monoisotopic (exact) mass is 183 g/mol. The zero-order valence-corrected chi connectivity index (χ0v) is 8.97. The van der Waals surface area contributed by atoms with Gasteiger partial charge in [0.2, 0.25) is 7.41 Å². The summed E-state index contributed by atoms with van der Waals surface area (Å²) in [4.78, 5) is 0. The summed E-state index contributed by atoms with van der Waals surface area (Å²) in [7, 11) is 1.02. The summed E-state index contributed by atoms with van der Waals surface area (Å²) >= 11 is 0. The van der Waals surface area contributed by atoms with Crippen LogP contribution >= 0.6 is 0 Å². The number of hydrogen-bond acceptors (Lipinski definition) is 2. The van der Waals surface area contributed by atoms with E-state index < -0.39 is 0 Å². The highest BCUT2D eigenvalue weighted by atomic mass is 16.2. The van der Waals surface area contributed by atoms with Crippen LogP contribution in [0.5, 0.6) is 0 Å². The number of nitrogens with one attached hydrogen (secondary N) is 1. The summed E-state index contributed by atoms with van der Waals surface area (Å²) in [6.07, 6.45) is 4.26. The van der Waals surface area contributed by atoms with Gasteiger partial charge in [0, 0.05) is 6.61 Å². The summed E-state index contributed by atoms with van der Waals surface area (Å²) in [6.45, 7) is 8.64. The Labute approximate surface area is 82.7 Å². The molecule has 76 valence electrons. The molecule has 0 spiro atoms. The molecule has 0 saturated carbocycles. The third-order valence-corrected chi connectivity index (χ3v) is 2.24. The van der Waals surface area contributed by atoms with Gasteiger partial charge in [0.15, 0.2) is 0 Å². The second-order valence-corrected chi connectivity index (χ2v) is 3.57. The lowest BCUT2D eigenvalue weighted by Crippen LogP contribution is -2.21. The maximum Gasteiger partial charge on any atom is 0.232 e. The van der Waals surface area contributed by atoms with Gasteiger partial charge in [-0.1, -0.05) is 33.2 Å². The lowest BCUT2D eigenvalue weighted by molar-refractivity contribution is 0.280. The minimum absolute atomic E-state index is 0.307. The molecular formula is C10H22BNO. The van der Waals surface area contributed by atoms with Gasteiger partial charge in [-0.3, -0.25) is 0 Å². The van der Waals surface area contributed by atoms with Crippen molar-refractivity contribution in [2.45, 2.75) is 39.4 Å². The fourth-order valence-corrected chi connectivity index (χ4v) is 1.20. The van der Waals surface area contributed by atoms with Crippen LogP contribution in [0.25, 0.3) is 0 Å². The molecule has 0 rings (SSSR count). The Bertz CT molecular complexity index is 139. The molecule has 0 aromatic heterocycles. The van der Waals surface area contributed by atoms with Crippen molar-refractivity contribution in [3.63, 3.8) is 0 Å². The Kier molecular flexibility index (Phi) is 7.90. The number of hydrogen-bond donors (Lipinski definition) is 2. The highest BCUT2D eigenvalue weighted by Gasteiger charge is 2.05. The van der Waals surface area contributed by atoms with E-state index in [9.17, 15) is 0 Å². The Balaban J connectivity index is 3.45. The van der Waals surface area contributed by atoms with Crippen LogP contribution in [0.2, 0.25) is 6.32 Å². The lowest BCUT2D eigenvalue weighted by Gasteiger charge is -2.15. The van der Waals surface area contributed by atoms with E-state index in [0.717, 1.165) is 38.7 Å². The smallest absolute Gasteiger partial charge is 0.232 e. The van der Waals surface area contributed by atoms with Crippen molar-refractivity contribution < 1.29 is 5.11 Å². The number of unbranched alkanes of at least 4 members (excludes halogenated alkanes) is 1. The van der Waals surface area contributed by atoms with Crippen LogP contribution in [0.1, 0.15) is 33.1 Å². The molecule has 13 heavy (non-hydrogen) atoms. The molecule has 0 aromatic carbocycles. The van der Waals surface area contributed by atoms with Crippen LogP contribution in [-0.2, 0) is 0 Å². The third kappa shape index (κ3) is 6.70. The first-order valence-corrected chi connectivity index (χ1v) is 5.25. The van der Waals surface area contributed by atoms with Gasteiger partial charge in [-0.15, -0.1) is 0 Å². The van der Waals surface area contributed by atoms with E-state index >= 15 is 0 Å². The van der Waals surface area contributed by atoms with Gasteiger partial charge in [0.1, 0.15) is 0 Å². The number of aliphatic hydroxyl groups excluding tert-OH is 1. The maximum atomic E-state index is 8.62. The van der Waals surface area contributed by atoms with Crippen LogP contribution < -0.4 is 5.23 Å². The summed E-state index contributed by atoms with van der Waals surface area (Å²) in [5, 5.41) is 11.9. The number of rotatable bonds is 8. The largest absolute Gasteiger partial charge is 0.434 e. The molecule has 1 atom stereocenters. The highest BCUT2D eigenvalue weighted by Crippen LogP contribution is 2.13. The molecule has 0 saturated heterocycles. The Morgan fingerprint density at radius 1 is 1.54 bits per heavy atom. The quantitative estimate of drug-likeness (QED) is 0.443. The molecule has 0 amide bonds. The summed E-state index contributed by atoms with van der Waals surface area (Å²) in [5.74, 6) is 0.526. The Morgan fingerprint density at radius 3 is 2.77 bits per heavy atom. The standard InChI is InChI=1S/C10H22BNO/c1-4-11-12-10(3)9(2)7-5-6-8-13/h9,11-13H,3-8H2,1-2H3. The van der Waals surface area contributed by atoms with Crippen molar-refractivity contribution in [1.82, 2.24) is 5.23 Å². The average molecular weight is 183 g/mol. The fourth-order valence-electron chi connectivity index (χ4n) is 1.20. The van der Waals surface area contributed by atoms with Gasteiger partial charge in [0.05, 0.1) is 0 Å². The molecule has 0 radical (unpaired) electrons. The Hall–Kier alpha value is -0.435. The SMILES string of the molecule is C=C(NBCC)C(C)CCCCO. The average Bonchev–Trinajstić information content (AvgIpc) is 2.14. The maximum absolute atomic E-state index is 8.62. The summed E-state index contributed by atoms with van der Waals surface area (Å²) in [6, 6.07) is 0. The van der Waals surface area contributed by atoms with Gasteiger partial charge in [-0.05, 0) is 24.5 Å². The predicted molar refractivity (Wildman–Crippen MR) is 60.0 cm³/mol. The minimum atomic E-state index is 0.307. The first-order valence-electron chi connectivity index (χ1n) is 5.25. The second-order valence-electron chi connectivity index (χ2n) is 3.57. The van der Waals surface area contributed by atoms with E-state index in [1.807, 2.05) is 0 Å². The zero-order valence-electron chi connectivity index (χ0n) is 8.97. The van der Waals surface area contributed by atoms with Gasteiger partial charge in [0.25, 0.3) is 0 Å². The molecule has 0 aliphatic heterocycles. The Morgan fingerprint density at radius 2 is 2.23 bits per heavy atom. The second kappa shape index (κ2) is 8.18. The summed E-state index contributed by atoms with van der Waals surface area (Å²) in [5.41, 5.74) is 1.14. The highest BCUT2D eigenvalue weighted by molar-refractivity contribution is 6.32. The van der Waals surface area contributed by atoms with Crippen LogP contribution in [0.15, 0.2) is 12.3 Å². The van der Waals surface area contributed by atoms with Gasteiger partial charge in [-0.2, -0.15) is 0 Å². The molecule has 0 aromatic rings. The fraction of sp³-hybridized carbons (Fsp3) is 0.800. The van der Waals surface area contributed by atoms with Crippen LogP contribution in [0, 0.1) is 5.92 Å². The van der Waals surface area contributed by atoms with Crippen LogP contribution in [0.4, 0.5) is 0 Å². The van der Waals surface area contributed by atoms with E-state index in [2.05, 4.69) is 25.7 Å². The van der Waals surface area contributed by atoms with E-state index in [-0.39, 0.29) is 0 Å². The van der Waals surface area contributed by atoms with E-state index in [1.165, 1.54) is 0 Å². The summed E-state index contributed by atoms with van der Waals surface area (Å²) < 4.78 is 0. The topological polar surface area (TPSA) is 32.3 Å². The van der Waals surface area contributed by atoms with Crippen molar-refractivity contribution in [3.8, 4) is 0 Å². The van der Waals surface area contributed by atoms with Crippen molar-refractivity contribution in [1.29, 1.82) is 0 Å². The lowest BCUT2D eigenvalue weighted by atomic mass is 9.88. The van der Waals surface area contributed by atoms with E-state index in [1.54, 1.807) is 0 Å². The van der Waals surface area contributed by atoms with Crippen molar-refractivity contribution in [3.05, 3.63) is 12.3 Å². The molecule has 1 unspecified atom stereocenters.